The number of rotatable bonds is 3. The Morgan fingerprint density at radius 3 is 2.56 bits per heavy atom. The van der Waals surface area contributed by atoms with Gasteiger partial charge in [0.25, 0.3) is 0 Å². The second kappa shape index (κ2) is 7.13. The average molecular weight is 247 g/mol. The Kier molecular flexibility index (Phi) is 6.14. The van der Waals surface area contributed by atoms with Gasteiger partial charge in [0, 0.05) is 13.1 Å². The normalized spacial score (nSPS) is 26.1. The molecule has 3 nitrogen and oxygen atoms in total. The van der Waals surface area contributed by atoms with Gasteiger partial charge in [0.2, 0.25) is 5.91 Å². The minimum absolute atomic E-state index is 0. The number of carbonyl (C=O) groups excluding carboxylic acids is 1. The van der Waals surface area contributed by atoms with Gasteiger partial charge in [-0.05, 0) is 38.1 Å². The maximum atomic E-state index is 11.8. The molecule has 1 unspecified atom stereocenters. The van der Waals surface area contributed by atoms with Crippen LogP contribution >= 0.6 is 12.4 Å². The molecule has 0 radical (unpaired) electrons. The van der Waals surface area contributed by atoms with E-state index in [1.165, 1.54) is 25.7 Å². The quantitative estimate of drug-likeness (QED) is 0.796. The molecular weight excluding hydrogens is 224 g/mol. The zero-order valence-electron chi connectivity index (χ0n) is 9.84. The predicted molar refractivity (Wildman–Crippen MR) is 67.8 cm³/mol. The first-order chi connectivity index (χ1) is 7.36. The number of hydrogen-bond donors (Lipinski definition) is 2. The molecule has 1 saturated carbocycles. The third kappa shape index (κ3) is 3.95. The molecule has 2 aliphatic rings. The first-order valence-corrected chi connectivity index (χ1v) is 6.34. The van der Waals surface area contributed by atoms with Crippen LogP contribution in [0, 0.1) is 11.8 Å². The first-order valence-electron chi connectivity index (χ1n) is 6.34. The van der Waals surface area contributed by atoms with Crippen molar-refractivity contribution in [1.29, 1.82) is 0 Å². The van der Waals surface area contributed by atoms with Gasteiger partial charge in [-0.2, -0.15) is 0 Å². The molecule has 0 aromatic heterocycles. The van der Waals surface area contributed by atoms with Crippen LogP contribution in [0.2, 0.25) is 0 Å². The van der Waals surface area contributed by atoms with Crippen LogP contribution in [-0.4, -0.2) is 25.5 Å². The Morgan fingerprint density at radius 1 is 1.19 bits per heavy atom. The summed E-state index contributed by atoms with van der Waals surface area (Å²) in [6.07, 6.45) is 7.52. The van der Waals surface area contributed by atoms with E-state index in [0.29, 0.717) is 0 Å². The molecule has 1 aliphatic carbocycles. The number of amides is 1. The average Bonchev–Trinajstić information content (AvgIpc) is 2.80. The first kappa shape index (κ1) is 13.8. The maximum absolute atomic E-state index is 11.8. The second-order valence-electron chi connectivity index (χ2n) is 4.94. The Hall–Kier alpha value is -0.280. The lowest BCUT2D eigenvalue weighted by atomic mass is 9.98. The van der Waals surface area contributed by atoms with Crippen molar-refractivity contribution in [2.24, 2.45) is 11.8 Å². The van der Waals surface area contributed by atoms with Crippen LogP contribution in [0.5, 0.6) is 0 Å². The largest absolute Gasteiger partial charge is 0.356 e. The van der Waals surface area contributed by atoms with Crippen LogP contribution in [0.4, 0.5) is 0 Å². The fraction of sp³-hybridized carbons (Fsp3) is 0.917. The van der Waals surface area contributed by atoms with E-state index >= 15 is 0 Å². The fourth-order valence-corrected chi connectivity index (χ4v) is 2.68. The predicted octanol–water partition coefficient (Wildman–Crippen LogP) is 1.71. The lowest BCUT2D eigenvalue weighted by molar-refractivity contribution is -0.125. The van der Waals surface area contributed by atoms with Crippen molar-refractivity contribution in [3.8, 4) is 0 Å². The summed E-state index contributed by atoms with van der Waals surface area (Å²) in [5.74, 6) is 1.25. The lowest BCUT2D eigenvalue weighted by Crippen LogP contribution is -2.41. The summed E-state index contributed by atoms with van der Waals surface area (Å²) >= 11 is 0. The molecule has 2 fully saturated rings. The summed E-state index contributed by atoms with van der Waals surface area (Å²) in [4.78, 5) is 11.8. The summed E-state index contributed by atoms with van der Waals surface area (Å²) in [6, 6.07) is 0. The van der Waals surface area contributed by atoms with E-state index in [1.54, 1.807) is 0 Å². The van der Waals surface area contributed by atoms with Crippen molar-refractivity contribution < 1.29 is 4.79 Å². The molecule has 1 aliphatic heterocycles. The summed E-state index contributed by atoms with van der Waals surface area (Å²) in [5.41, 5.74) is 0. The van der Waals surface area contributed by atoms with Crippen molar-refractivity contribution >= 4 is 18.3 Å². The zero-order chi connectivity index (χ0) is 10.5. The molecule has 2 N–H and O–H groups in total. The van der Waals surface area contributed by atoms with Crippen molar-refractivity contribution in [3.05, 3.63) is 0 Å². The van der Waals surface area contributed by atoms with Gasteiger partial charge in [-0.3, -0.25) is 4.79 Å². The Bertz CT molecular complexity index is 211. The van der Waals surface area contributed by atoms with Crippen LogP contribution in [0.25, 0.3) is 0 Å². The zero-order valence-corrected chi connectivity index (χ0v) is 10.7. The van der Waals surface area contributed by atoms with Crippen molar-refractivity contribution in [3.63, 3.8) is 0 Å². The Morgan fingerprint density at radius 2 is 1.94 bits per heavy atom. The molecule has 0 aromatic carbocycles. The van der Waals surface area contributed by atoms with Crippen molar-refractivity contribution in [2.45, 2.75) is 38.5 Å². The molecule has 16 heavy (non-hydrogen) atoms. The van der Waals surface area contributed by atoms with Crippen LogP contribution in [0.15, 0.2) is 0 Å². The van der Waals surface area contributed by atoms with E-state index in [4.69, 9.17) is 0 Å². The van der Waals surface area contributed by atoms with Gasteiger partial charge in [0.15, 0.2) is 0 Å². The van der Waals surface area contributed by atoms with E-state index in [0.717, 1.165) is 38.4 Å². The number of halogens is 1. The molecule has 1 heterocycles. The third-order valence-corrected chi connectivity index (χ3v) is 3.71. The highest BCUT2D eigenvalue weighted by Crippen LogP contribution is 2.23. The SMILES string of the molecule is Cl.O=C(NCC1CCCC1)C1CCCNC1. The van der Waals surface area contributed by atoms with E-state index in [1.807, 2.05) is 0 Å². The number of carbonyl (C=O) groups is 1. The van der Waals surface area contributed by atoms with Crippen molar-refractivity contribution in [2.75, 3.05) is 19.6 Å². The Labute approximate surface area is 104 Å². The lowest BCUT2D eigenvalue weighted by Gasteiger charge is -2.22. The summed E-state index contributed by atoms with van der Waals surface area (Å²) < 4.78 is 0. The minimum Gasteiger partial charge on any atom is -0.356 e. The molecule has 0 spiro atoms. The third-order valence-electron chi connectivity index (χ3n) is 3.71. The minimum atomic E-state index is 0. The van der Waals surface area contributed by atoms with Crippen LogP contribution in [0.1, 0.15) is 38.5 Å². The van der Waals surface area contributed by atoms with Gasteiger partial charge in [-0.15, -0.1) is 12.4 Å². The van der Waals surface area contributed by atoms with E-state index in [-0.39, 0.29) is 24.2 Å². The van der Waals surface area contributed by atoms with Gasteiger partial charge in [0.1, 0.15) is 0 Å². The van der Waals surface area contributed by atoms with Gasteiger partial charge in [-0.25, -0.2) is 0 Å². The highest BCUT2D eigenvalue weighted by atomic mass is 35.5. The molecule has 0 aromatic rings. The van der Waals surface area contributed by atoms with Crippen LogP contribution in [0.3, 0.4) is 0 Å². The smallest absolute Gasteiger partial charge is 0.224 e. The molecule has 4 heteroatoms. The fourth-order valence-electron chi connectivity index (χ4n) is 2.68. The topological polar surface area (TPSA) is 41.1 Å². The summed E-state index contributed by atoms with van der Waals surface area (Å²) in [6.45, 7) is 2.86. The molecule has 1 amide bonds. The van der Waals surface area contributed by atoms with Gasteiger partial charge in [-0.1, -0.05) is 12.8 Å². The molecule has 2 rings (SSSR count). The molecule has 1 saturated heterocycles. The molecule has 0 bridgehead atoms. The molecule has 94 valence electrons. The number of hydrogen-bond acceptors (Lipinski definition) is 2. The monoisotopic (exact) mass is 246 g/mol. The van der Waals surface area contributed by atoms with E-state index in [9.17, 15) is 4.79 Å². The number of piperidine rings is 1. The molecular formula is C12H23ClN2O. The van der Waals surface area contributed by atoms with Gasteiger partial charge in [0.05, 0.1) is 5.92 Å². The van der Waals surface area contributed by atoms with Gasteiger partial charge >= 0.3 is 0 Å². The highest BCUT2D eigenvalue weighted by Gasteiger charge is 2.22. The maximum Gasteiger partial charge on any atom is 0.224 e. The highest BCUT2D eigenvalue weighted by molar-refractivity contribution is 5.85. The second-order valence-corrected chi connectivity index (χ2v) is 4.94. The number of nitrogens with one attached hydrogen (secondary N) is 2. The van der Waals surface area contributed by atoms with Gasteiger partial charge < -0.3 is 10.6 Å². The van der Waals surface area contributed by atoms with Crippen LogP contribution in [-0.2, 0) is 4.79 Å². The standard InChI is InChI=1S/C12H22N2O.ClH/c15-12(11-6-3-7-13-9-11)14-8-10-4-1-2-5-10;/h10-11,13H,1-9H2,(H,14,15);1H. The van der Waals surface area contributed by atoms with E-state index in [2.05, 4.69) is 10.6 Å². The molecule has 1 atom stereocenters. The summed E-state index contributed by atoms with van der Waals surface area (Å²) in [7, 11) is 0. The van der Waals surface area contributed by atoms with Crippen LogP contribution < -0.4 is 10.6 Å². The Balaban J connectivity index is 0.00000128. The summed E-state index contributed by atoms with van der Waals surface area (Å²) in [5, 5.41) is 6.40. The van der Waals surface area contributed by atoms with Crippen molar-refractivity contribution in [1.82, 2.24) is 10.6 Å². The van der Waals surface area contributed by atoms with E-state index < -0.39 is 0 Å².